The second-order valence-corrected chi connectivity index (χ2v) is 1.98. The maximum Gasteiger partial charge on any atom is -0.0285 e. The van der Waals surface area contributed by atoms with Crippen LogP contribution in [-0.4, -0.2) is 0 Å². The minimum atomic E-state index is 1.24. The third-order valence-electron chi connectivity index (χ3n) is 1.22. The van der Waals surface area contributed by atoms with E-state index in [1.54, 1.807) is 0 Å². The van der Waals surface area contributed by atoms with Crippen LogP contribution < -0.4 is 0 Å². The normalized spacial score (nSPS) is 13.2. The van der Waals surface area contributed by atoms with Gasteiger partial charge in [-0.3, -0.25) is 0 Å². The first-order valence-electron chi connectivity index (χ1n) is 4.22. The molecular formula is C11H20. The van der Waals surface area contributed by atoms with E-state index in [0.29, 0.717) is 0 Å². The van der Waals surface area contributed by atoms with Crippen LogP contribution in [0.3, 0.4) is 0 Å². The van der Waals surface area contributed by atoms with Gasteiger partial charge < -0.3 is 0 Å². The zero-order chi connectivity index (χ0) is 9.11. The molecule has 0 saturated heterocycles. The molecule has 0 atom stereocenters. The zero-order valence-electron chi connectivity index (χ0n) is 8.06. The quantitative estimate of drug-likeness (QED) is 0.458. The average Bonchev–Trinajstić information content (AvgIpc) is 2.13. The van der Waals surface area contributed by atoms with Crippen LogP contribution in [0, 0.1) is 0 Å². The van der Waals surface area contributed by atoms with E-state index < -0.39 is 0 Å². The maximum atomic E-state index is 3.00. The van der Waals surface area contributed by atoms with Crippen LogP contribution >= 0.6 is 0 Å². The SMILES string of the molecule is C=C.CC.CC1=CC=CCC1. The first-order valence-corrected chi connectivity index (χ1v) is 4.22. The highest BCUT2D eigenvalue weighted by Crippen LogP contribution is 2.08. The molecule has 0 saturated carbocycles. The molecule has 1 rings (SSSR count). The van der Waals surface area contributed by atoms with E-state index in [9.17, 15) is 0 Å². The Bertz CT molecular complexity index is 118. The van der Waals surface area contributed by atoms with Crippen LogP contribution in [0.5, 0.6) is 0 Å². The number of allylic oxidation sites excluding steroid dienone is 4. The van der Waals surface area contributed by atoms with Crippen molar-refractivity contribution in [1.29, 1.82) is 0 Å². The van der Waals surface area contributed by atoms with Crippen molar-refractivity contribution < 1.29 is 0 Å². The molecule has 0 N–H and O–H groups in total. The minimum absolute atomic E-state index is 1.24. The fourth-order valence-electron chi connectivity index (χ4n) is 0.723. The molecule has 0 bridgehead atoms. The van der Waals surface area contributed by atoms with Crippen molar-refractivity contribution in [2.75, 3.05) is 0 Å². The van der Waals surface area contributed by atoms with E-state index in [1.807, 2.05) is 13.8 Å². The Kier molecular flexibility index (Phi) is 14.0. The Labute approximate surface area is 71.3 Å². The van der Waals surface area contributed by atoms with Crippen molar-refractivity contribution in [1.82, 2.24) is 0 Å². The molecule has 0 unspecified atom stereocenters. The van der Waals surface area contributed by atoms with Crippen molar-refractivity contribution in [3.63, 3.8) is 0 Å². The van der Waals surface area contributed by atoms with Gasteiger partial charge in [-0.25, -0.2) is 0 Å². The molecule has 1 aliphatic rings. The molecule has 0 aromatic heterocycles. The molecule has 0 aliphatic heterocycles. The van der Waals surface area contributed by atoms with Gasteiger partial charge in [0.15, 0.2) is 0 Å². The van der Waals surface area contributed by atoms with Crippen LogP contribution in [0.2, 0.25) is 0 Å². The summed E-state index contributed by atoms with van der Waals surface area (Å²) in [4.78, 5) is 0. The number of hydrogen-bond acceptors (Lipinski definition) is 0. The van der Waals surface area contributed by atoms with Crippen molar-refractivity contribution in [2.24, 2.45) is 0 Å². The fraction of sp³-hybridized carbons (Fsp3) is 0.455. The molecule has 0 fully saturated rings. The summed E-state index contributed by atoms with van der Waals surface area (Å²) in [5, 5.41) is 0. The summed E-state index contributed by atoms with van der Waals surface area (Å²) < 4.78 is 0. The molecule has 0 nitrogen and oxygen atoms in total. The fourth-order valence-corrected chi connectivity index (χ4v) is 0.723. The van der Waals surface area contributed by atoms with Crippen LogP contribution in [0.15, 0.2) is 37.0 Å². The summed E-state index contributed by atoms with van der Waals surface area (Å²) in [6, 6.07) is 0. The zero-order valence-corrected chi connectivity index (χ0v) is 8.06. The molecule has 0 heteroatoms. The van der Waals surface area contributed by atoms with Gasteiger partial charge in [0.2, 0.25) is 0 Å². The number of hydrogen-bond donors (Lipinski definition) is 0. The van der Waals surface area contributed by atoms with Gasteiger partial charge in [-0.15, -0.1) is 13.2 Å². The van der Waals surface area contributed by atoms with Crippen LogP contribution in [0.4, 0.5) is 0 Å². The predicted molar refractivity (Wildman–Crippen MR) is 54.7 cm³/mol. The predicted octanol–water partition coefficient (Wildman–Crippen LogP) is 4.11. The lowest BCUT2D eigenvalue weighted by molar-refractivity contribution is 0.962. The lowest BCUT2D eigenvalue weighted by atomic mass is 10.1. The molecule has 0 spiro atoms. The van der Waals surface area contributed by atoms with E-state index in [1.165, 1.54) is 18.4 Å². The summed E-state index contributed by atoms with van der Waals surface area (Å²) in [5.41, 5.74) is 1.50. The standard InChI is InChI=1S/C7H10.C2H6.C2H4/c1-7-5-3-2-4-6-7;2*1-2/h2-3,5H,4,6H2,1H3;1-2H3;1-2H2. The highest BCUT2D eigenvalue weighted by atomic mass is 13.9. The van der Waals surface area contributed by atoms with E-state index in [4.69, 9.17) is 0 Å². The maximum absolute atomic E-state index is 3.00. The second-order valence-electron chi connectivity index (χ2n) is 1.98. The van der Waals surface area contributed by atoms with Crippen molar-refractivity contribution in [3.8, 4) is 0 Å². The summed E-state index contributed by atoms with van der Waals surface area (Å²) in [5.74, 6) is 0. The van der Waals surface area contributed by atoms with E-state index in [0.717, 1.165) is 0 Å². The Balaban J connectivity index is 0. The van der Waals surface area contributed by atoms with Crippen LogP contribution in [-0.2, 0) is 0 Å². The van der Waals surface area contributed by atoms with Crippen LogP contribution in [0.1, 0.15) is 33.6 Å². The van der Waals surface area contributed by atoms with E-state index >= 15 is 0 Å². The second kappa shape index (κ2) is 12.0. The summed E-state index contributed by atoms with van der Waals surface area (Å²) in [6.45, 7) is 12.2. The number of rotatable bonds is 0. The van der Waals surface area contributed by atoms with Crippen LogP contribution in [0.25, 0.3) is 0 Å². The van der Waals surface area contributed by atoms with Crippen molar-refractivity contribution in [2.45, 2.75) is 33.6 Å². The Morgan fingerprint density at radius 2 is 1.82 bits per heavy atom. The molecule has 0 amide bonds. The van der Waals surface area contributed by atoms with Gasteiger partial charge in [0, 0.05) is 0 Å². The van der Waals surface area contributed by atoms with Gasteiger partial charge in [-0.2, -0.15) is 0 Å². The average molecular weight is 152 g/mol. The minimum Gasteiger partial charge on any atom is -0.106 e. The first-order chi connectivity index (χ1) is 5.39. The van der Waals surface area contributed by atoms with Gasteiger partial charge >= 0.3 is 0 Å². The Morgan fingerprint density at radius 3 is 2.00 bits per heavy atom. The van der Waals surface area contributed by atoms with Gasteiger partial charge in [0.25, 0.3) is 0 Å². The van der Waals surface area contributed by atoms with E-state index in [2.05, 4.69) is 38.3 Å². The third kappa shape index (κ3) is 9.22. The largest absolute Gasteiger partial charge is 0.106 e. The van der Waals surface area contributed by atoms with Gasteiger partial charge in [-0.1, -0.05) is 37.6 Å². The third-order valence-corrected chi connectivity index (χ3v) is 1.22. The Hall–Kier alpha value is -0.780. The van der Waals surface area contributed by atoms with Gasteiger partial charge in [0.1, 0.15) is 0 Å². The van der Waals surface area contributed by atoms with E-state index in [-0.39, 0.29) is 0 Å². The van der Waals surface area contributed by atoms with Crippen molar-refractivity contribution in [3.05, 3.63) is 37.0 Å². The van der Waals surface area contributed by atoms with Crippen molar-refractivity contribution >= 4 is 0 Å². The molecule has 1 aliphatic carbocycles. The molecule has 0 heterocycles. The lowest BCUT2D eigenvalue weighted by Crippen LogP contribution is -1.78. The summed E-state index contributed by atoms with van der Waals surface area (Å²) in [7, 11) is 0. The monoisotopic (exact) mass is 152 g/mol. The molecule has 0 aromatic carbocycles. The molecule has 64 valence electrons. The summed E-state index contributed by atoms with van der Waals surface area (Å²) in [6.07, 6.45) is 8.99. The topological polar surface area (TPSA) is 0 Å². The van der Waals surface area contributed by atoms with Gasteiger partial charge in [0.05, 0.1) is 0 Å². The molecular weight excluding hydrogens is 132 g/mol. The highest BCUT2D eigenvalue weighted by Gasteiger charge is 1.88. The molecule has 0 radical (unpaired) electrons. The summed E-state index contributed by atoms with van der Waals surface area (Å²) >= 11 is 0. The highest BCUT2D eigenvalue weighted by molar-refractivity contribution is 5.15. The smallest absolute Gasteiger partial charge is 0.0285 e. The Morgan fingerprint density at radius 1 is 1.27 bits per heavy atom. The van der Waals surface area contributed by atoms with Gasteiger partial charge in [-0.05, 0) is 19.8 Å². The first kappa shape index (κ1) is 12.9. The molecule has 11 heavy (non-hydrogen) atoms. The lowest BCUT2D eigenvalue weighted by Gasteiger charge is -1.98. The molecule has 0 aromatic rings.